The van der Waals surface area contributed by atoms with E-state index in [9.17, 15) is 4.79 Å². The Labute approximate surface area is 160 Å². The topological polar surface area (TPSA) is 67.5 Å². The zero-order chi connectivity index (χ0) is 19.4. The summed E-state index contributed by atoms with van der Waals surface area (Å²) in [4.78, 5) is 22.3. The Balaban J connectivity index is 1.78. The molecule has 0 fully saturated rings. The Bertz CT molecular complexity index is 845. The van der Waals surface area contributed by atoms with Crippen molar-refractivity contribution in [2.45, 2.75) is 53.1 Å². The molecule has 0 saturated heterocycles. The number of fused-ring (bicyclic) bond motifs is 1. The molecular weight excluding hydrogens is 342 g/mol. The van der Waals surface area contributed by atoms with E-state index in [1.165, 1.54) is 5.56 Å². The van der Waals surface area contributed by atoms with Crippen LogP contribution in [0.15, 0.2) is 23.0 Å². The van der Waals surface area contributed by atoms with Crippen molar-refractivity contribution in [3.05, 3.63) is 51.2 Å². The second-order valence-electron chi connectivity index (χ2n) is 7.14. The van der Waals surface area contributed by atoms with Crippen molar-refractivity contribution in [2.24, 2.45) is 0 Å². The predicted molar refractivity (Wildman–Crippen MR) is 106 cm³/mol. The zero-order valence-corrected chi connectivity index (χ0v) is 16.7. The van der Waals surface area contributed by atoms with Crippen LogP contribution in [0.2, 0.25) is 0 Å². The van der Waals surface area contributed by atoms with Crippen molar-refractivity contribution in [2.75, 3.05) is 19.8 Å². The van der Waals surface area contributed by atoms with E-state index < -0.39 is 0 Å². The lowest BCUT2D eigenvalue weighted by molar-refractivity contribution is 0.238. The van der Waals surface area contributed by atoms with Crippen LogP contribution in [0.4, 0.5) is 0 Å². The van der Waals surface area contributed by atoms with Crippen molar-refractivity contribution < 1.29 is 9.47 Å². The highest BCUT2D eigenvalue weighted by Crippen LogP contribution is 2.29. The number of aromatic amines is 1. The van der Waals surface area contributed by atoms with E-state index in [-0.39, 0.29) is 11.5 Å². The predicted octanol–water partition coefficient (Wildman–Crippen LogP) is 3.25. The third kappa shape index (κ3) is 4.50. The van der Waals surface area contributed by atoms with Crippen LogP contribution >= 0.6 is 0 Å². The minimum absolute atomic E-state index is 0.0167. The summed E-state index contributed by atoms with van der Waals surface area (Å²) in [7, 11) is 0. The van der Waals surface area contributed by atoms with Crippen molar-refractivity contribution >= 4 is 0 Å². The van der Waals surface area contributed by atoms with Gasteiger partial charge in [0.1, 0.15) is 5.82 Å². The van der Waals surface area contributed by atoms with E-state index in [4.69, 9.17) is 14.5 Å². The quantitative estimate of drug-likeness (QED) is 0.809. The highest BCUT2D eigenvalue weighted by atomic mass is 16.5. The highest BCUT2D eigenvalue weighted by molar-refractivity contribution is 5.43. The van der Waals surface area contributed by atoms with Crippen LogP contribution in [0.3, 0.4) is 0 Å². The first-order valence-electron chi connectivity index (χ1n) is 9.74. The molecule has 2 aromatic rings. The normalized spacial score (nSPS) is 14.3. The van der Waals surface area contributed by atoms with Gasteiger partial charge in [-0.3, -0.25) is 9.69 Å². The zero-order valence-electron chi connectivity index (χ0n) is 16.7. The number of benzene rings is 1. The van der Waals surface area contributed by atoms with Gasteiger partial charge in [-0.05, 0) is 38.0 Å². The summed E-state index contributed by atoms with van der Waals surface area (Å²) >= 11 is 0. The molecule has 0 atom stereocenters. The van der Waals surface area contributed by atoms with Crippen molar-refractivity contribution in [3.63, 3.8) is 0 Å². The molecular formula is C21H29N3O3. The van der Waals surface area contributed by atoms with E-state index in [1.807, 2.05) is 33.8 Å². The van der Waals surface area contributed by atoms with Gasteiger partial charge >= 0.3 is 0 Å². The molecule has 0 spiro atoms. The Morgan fingerprint density at radius 1 is 1.19 bits per heavy atom. The van der Waals surface area contributed by atoms with Gasteiger partial charge in [0, 0.05) is 31.1 Å². The maximum Gasteiger partial charge on any atom is 0.254 e. The smallest absolute Gasteiger partial charge is 0.254 e. The maximum absolute atomic E-state index is 12.3. The molecule has 0 saturated carbocycles. The maximum atomic E-state index is 12.3. The lowest BCUT2D eigenvalue weighted by Gasteiger charge is -2.28. The number of aromatic nitrogens is 2. The molecule has 1 N–H and O–H groups in total. The number of nitrogens with zero attached hydrogens (tertiary/aromatic N) is 2. The molecule has 0 unspecified atom stereocenters. The molecule has 27 heavy (non-hydrogen) atoms. The lowest BCUT2D eigenvalue weighted by Crippen LogP contribution is -2.35. The average Bonchev–Trinajstić information content (AvgIpc) is 2.64. The number of nitrogens with one attached hydrogen (secondary N) is 1. The van der Waals surface area contributed by atoms with Gasteiger partial charge in [0.15, 0.2) is 11.5 Å². The minimum Gasteiger partial charge on any atom is -0.490 e. The van der Waals surface area contributed by atoms with Crippen LogP contribution in [0.1, 0.15) is 56.3 Å². The third-order valence-electron chi connectivity index (χ3n) is 4.73. The van der Waals surface area contributed by atoms with E-state index in [0.717, 1.165) is 48.1 Å². The summed E-state index contributed by atoms with van der Waals surface area (Å²) in [6.07, 6.45) is 0.728. The summed E-state index contributed by atoms with van der Waals surface area (Å²) in [6.45, 7) is 11.6. The molecule has 1 aliphatic heterocycles. The average molecular weight is 371 g/mol. The largest absolute Gasteiger partial charge is 0.490 e. The van der Waals surface area contributed by atoms with Crippen molar-refractivity contribution in [1.29, 1.82) is 0 Å². The molecule has 0 radical (unpaired) electrons. The minimum atomic E-state index is 0.0167. The number of hydrogen-bond acceptors (Lipinski definition) is 5. The van der Waals surface area contributed by atoms with Gasteiger partial charge in [0.2, 0.25) is 0 Å². The second-order valence-corrected chi connectivity index (χ2v) is 7.14. The molecule has 3 rings (SSSR count). The first kappa shape index (κ1) is 19.4. The van der Waals surface area contributed by atoms with Crippen LogP contribution in [0.25, 0.3) is 0 Å². The Morgan fingerprint density at radius 3 is 2.63 bits per heavy atom. The highest BCUT2D eigenvalue weighted by Gasteiger charge is 2.22. The number of hydrogen-bond donors (Lipinski definition) is 1. The summed E-state index contributed by atoms with van der Waals surface area (Å²) < 4.78 is 11.4. The van der Waals surface area contributed by atoms with Crippen LogP contribution in [0.5, 0.6) is 11.5 Å². The summed E-state index contributed by atoms with van der Waals surface area (Å²) in [5.41, 5.74) is 2.92. The molecule has 6 nitrogen and oxygen atoms in total. The van der Waals surface area contributed by atoms with Gasteiger partial charge in [-0.15, -0.1) is 0 Å². The van der Waals surface area contributed by atoms with E-state index >= 15 is 0 Å². The Morgan fingerprint density at radius 2 is 1.93 bits per heavy atom. The van der Waals surface area contributed by atoms with Crippen LogP contribution in [-0.2, 0) is 19.5 Å². The molecule has 1 aromatic heterocycles. The van der Waals surface area contributed by atoms with Gasteiger partial charge in [-0.25, -0.2) is 4.98 Å². The Kier molecular flexibility index (Phi) is 6.16. The van der Waals surface area contributed by atoms with E-state index in [2.05, 4.69) is 22.0 Å². The lowest BCUT2D eigenvalue weighted by atomic mass is 10.0. The molecule has 2 heterocycles. The first-order chi connectivity index (χ1) is 13.0. The van der Waals surface area contributed by atoms with E-state index in [1.54, 1.807) is 0 Å². The number of rotatable bonds is 7. The monoisotopic (exact) mass is 371 g/mol. The third-order valence-corrected chi connectivity index (χ3v) is 4.73. The summed E-state index contributed by atoms with van der Waals surface area (Å²) in [5, 5.41) is 0. The molecule has 6 heteroatoms. The van der Waals surface area contributed by atoms with Gasteiger partial charge in [0.25, 0.3) is 5.56 Å². The fourth-order valence-corrected chi connectivity index (χ4v) is 3.37. The molecule has 146 valence electrons. The fraction of sp³-hybridized carbons (Fsp3) is 0.524. The van der Waals surface area contributed by atoms with Crippen LogP contribution in [-0.4, -0.2) is 34.6 Å². The molecule has 0 bridgehead atoms. The van der Waals surface area contributed by atoms with Gasteiger partial charge < -0.3 is 14.5 Å². The van der Waals surface area contributed by atoms with Gasteiger partial charge in [0.05, 0.1) is 18.9 Å². The SMILES string of the molecule is CCOc1ccc(CN2CCc3c(nc(C(C)C)[nH]c3=O)C2)cc1OCC. The second kappa shape index (κ2) is 8.57. The van der Waals surface area contributed by atoms with Gasteiger partial charge in [-0.2, -0.15) is 0 Å². The molecule has 1 aromatic carbocycles. The molecule has 1 aliphatic rings. The van der Waals surface area contributed by atoms with Crippen LogP contribution < -0.4 is 15.0 Å². The first-order valence-corrected chi connectivity index (χ1v) is 9.74. The number of ether oxygens (including phenoxy) is 2. The molecule has 0 aliphatic carbocycles. The summed E-state index contributed by atoms with van der Waals surface area (Å²) in [5.74, 6) is 2.53. The van der Waals surface area contributed by atoms with E-state index in [0.29, 0.717) is 19.8 Å². The van der Waals surface area contributed by atoms with Gasteiger partial charge in [-0.1, -0.05) is 19.9 Å². The summed E-state index contributed by atoms with van der Waals surface area (Å²) in [6, 6.07) is 6.10. The van der Waals surface area contributed by atoms with Crippen molar-refractivity contribution in [1.82, 2.24) is 14.9 Å². The molecule has 0 amide bonds. The fourth-order valence-electron chi connectivity index (χ4n) is 3.37. The standard InChI is InChI=1S/C21H29N3O3/c1-5-26-18-8-7-15(11-19(18)27-6-2)12-24-10-9-16-17(13-24)22-20(14(3)4)23-21(16)25/h7-8,11,14H,5-6,9-10,12-13H2,1-4H3,(H,22,23,25). The number of H-pyrrole nitrogens is 1. The van der Waals surface area contributed by atoms with Crippen LogP contribution in [0, 0.1) is 0 Å². The Hall–Kier alpha value is -2.34. The van der Waals surface area contributed by atoms with Crippen molar-refractivity contribution in [3.8, 4) is 11.5 Å².